The molecule has 92 valence electrons. The van der Waals surface area contributed by atoms with Gasteiger partial charge in [-0.25, -0.2) is 0 Å². The van der Waals surface area contributed by atoms with Gasteiger partial charge in [0.05, 0.1) is 0 Å². The molecule has 0 saturated heterocycles. The Labute approximate surface area is 96.6 Å². The lowest BCUT2D eigenvalue weighted by Gasteiger charge is -2.38. The van der Waals surface area contributed by atoms with Gasteiger partial charge in [0.15, 0.2) is 0 Å². The number of carboxylic acids is 1. The monoisotopic (exact) mass is 227 g/mol. The third kappa shape index (κ3) is 2.36. The second-order valence-electron chi connectivity index (χ2n) is 5.15. The molecule has 1 aliphatic carbocycles. The van der Waals surface area contributed by atoms with Gasteiger partial charge in [-0.1, -0.05) is 20.3 Å². The van der Waals surface area contributed by atoms with Crippen LogP contribution < -0.4 is 0 Å². The highest BCUT2D eigenvalue weighted by Gasteiger charge is 2.52. The maximum atomic E-state index is 12.0. The van der Waals surface area contributed by atoms with Crippen molar-refractivity contribution in [2.75, 3.05) is 13.6 Å². The van der Waals surface area contributed by atoms with E-state index in [1.54, 1.807) is 11.9 Å². The number of amides is 1. The molecule has 0 heterocycles. The van der Waals surface area contributed by atoms with E-state index in [0.717, 1.165) is 12.8 Å². The minimum absolute atomic E-state index is 0.216. The van der Waals surface area contributed by atoms with Crippen LogP contribution in [0.5, 0.6) is 0 Å². The number of rotatable bonds is 5. The average molecular weight is 227 g/mol. The zero-order valence-electron chi connectivity index (χ0n) is 10.3. The van der Waals surface area contributed by atoms with Crippen LogP contribution >= 0.6 is 0 Å². The van der Waals surface area contributed by atoms with E-state index in [1.165, 1.54) is 0 Å². The van der Waals surface area contributed by atoms with Crippen molar-refractivity contribution in [2.24, 2.45) is 11.3 Å². The molecule has 1 saturated carbocycles. The molecule has 1 rings (SSSR count). The molecule has 1 fully saturated rings. The smallest absolute Gasteiger partial charge is 0.319 e. The van der Waals surface area contributed by atoms with Crippen molar-refractivity contribution < 1.29 is 14.7 Å². The molecule has 16 heavy (non-hydrogen) atoms. The molecule has 1 N–H and O–H groups in total. The molecule has 0 radical (unpaired) electrons. The van der Waals surface area contributed by atoms with Gasteiger partial charge in [0.1, 0.15) is 5.41 Å². The lowest BCUT2D eigenvalue weighted by Crippen LogP contribution is -2.51. The highest BCUT2D eigenvalue weighted by atomic mass is 16.4. The van der Waals surface area contributed by atoms with Gasteiger partial charge in [-0.2, -0.15) is 0 Å². The van der Waals surface area contributed by atoms with Gasteiger partial charge < -0.3 is 10.0 Å². The molecule has 0 unspecified atom stereocenters. The first-order valence-electron chi connectivity index (χ1n) is 5.89. The van der Waals surface area contributed by atoms with Gasteiger partial charge in [0.2, 0.25) is 5.91 Å². The topological polar surface area (TPSA) is 57.6 Å². The van der Waals surface area contributed by atoms with Crippen molar-refractivity contribution in [3.8, 4) is 0 Å². The summed E-state index contributed by atoms with van der Waals surface area (Å²) in [6, 6.07) is 0. The number of carbonyl (C=O) groups excluding carboxylic acids is 1. The standard InChI is InChI=1S/C12H21NO3/c1-9(2)5-8-13(3)10(14)12(11(15)16)6-4-7-12/h9H,4-8H2,1-3H3,(H,15,16). The summed E-state index contributed by atoms with van der Waals surface area (Å²) in [5.74, 6) is -0.649. The minimum Gasteiger partial charge on any atom is -0.480 e. The molecule has 0 atom stereocenters. The molecule has 0 aliphatic heterocycles. The molecule has 0 spiro atoms. The number of carbonyl (C=O) groups is 2. The van der Waals surface area contributed by atoms with Crippen molar-refractivity contribution in [2.45, 2.75) is 39.5 Å². The van der Waals surface area contributed by atoms with Gasteiger partial charge in [0, 0.05) is 13.6 Å². The van der Waals surface area contributed by atoms with E-state index in [-0.39, 0.29) is 5.91 Å². The van der Waals surface area contributed by atoms with Crippen LogP contribution in [0.2, 0.25) is 0 Å². The number of aliphatic carboxylic acids is 1. The third-order valence-corrected chi connectivity index (χ3v) is 3.41. The van der Waals surface area contributed by atoms with Crippen LogP contribution in [-0.4, -0.2) is 35.5 Å². The quantitative estimate of drug-likeness (QED) is 0.728. The first kappa shape index (κ1) is 13.0. The second kappa shape index (κ2) is 4.85. The maximum Gasteiger partial charge on any atom is 0.319 e. The lowest BCUT2D eigenvalue weighted by molar-refractivity contribution is -0.166. The van der Waals surface area contributed by atoms with E-state index in [1.807, 2.05) is 0 Å². The van der Waals surface area contributed by atoms with Gasteiger partial charge in [-0.15, -0.1) is 0 Å². The highest BCUT2D eigenvalue weighted by Crippen LogP contribution is 2.42. The zero-order chi connectivity index (χ0) is 12.3. The Bertz CT molecular complexity index is 282. The Morgan fingerprint density at radius 2 is 1.94 bits per heavy atom. The van der Waals surface area contributed by atoms with Crippen LogP contribution in [0.1, 0.15) is 39.5 Å². The van der Waals surface area contributed by atoms with Crippen LogP contribution in [0.3, 0.4) is 0 Å². The van der Waals surface area contributed by atoms with E-state index >= 15 is 0 Å². The average Bonchev–Trinajstić information content (AvgIpc) is 2.11. The molecule has 0 bridgehead atoms. The van der Waals surface area contributed by atoms with Gasteiger partial charge in [-0.3, -0.25) is 9.59 Å². The van der Waals surface area contributed by atoms with Crippen LogP contribution in [0.15, 0.2) is 0 Å². The molecule has 0 aromatic carbocycles. The van der Waals surface area contributed by atoms with Gasteiger partial charge in [-0.05, 0) is 25.2 Å². The Morgan fingerprint density at radius 1 is 1.38 bits per heavy atom. The fraction of sp³-hybridized carbons (Fsp3) is 0.833. The molecule has 0 aromatic rings. The first-order valence-corrected chi connectivity index (χ1v) is 5.89. The molecule has 1 aliphatic rings. The maximum absolute atomic E-state index is 12.0. The number of hydrogen-bond donors (Lipinski definition) is 1. The predicted molar refractivity (Wildman–Crippen MR) is 61.0 cm³/mol. The Balaban J connectivity index is 2.58. The molecule has 1 amide bonds. The minimum atomic E-state index is -1.11. The summed E-state index contributed by atoms with van der Waals surface area (Å²) in [5.41, 5.74) is -1.11. The summed E-state index contributed by atoms with van der Waals surface area (Å²) in [6.07, 6.45) is 2.74. The van der Waals surface area contributed by atoms with E-state index in [0.29, 0.717) is 25.3 Å². The van der Waals surface area contributed by atoms with Crippen LogP contribution in [0.25, 0.3) is 0 Å². The van der Waals surface area contributed by atoms with Gasteiger partial charge in [0.25, 0.3) is 0 Å². The summed E-state index contributed by atoms with van der Waals surface area (Å²) < 4.78 is 0. The van der Waals surface area contributed by atoms with Crippen LogP contribution in [0.4, 0.5) is 0 Å². The normalized spacial score (nSPS) is 18.0. The largest absolute Gasteiger partial charge is 0.480 e. The number of carboxylic acid groups (broad SMARTS) is 1. The molecule has 4 nitrogen and oxygen atoms in total. The number of nitrogens with zero attached hydrogens (tertiary/aromatic N) is 1. The van der Waals surface area contributed by atoms with Crippen molar-refractivity contribution in [3.63, 3.8) is 0 Å². The fourth-order valence-electron chi connectivity index (χ4n) is 1.97. The van der Waals surface area contributed by atoms with Crippen molar-refractivity contribution >= 4 is 11.9 Å². The molecular weight excluding hydrogens is 206 g/mol. The zero-order valence-corrected chi connectivity index (χ0v) is 10.3. The van der Waals surface area contributed by atoms with E-state index < -0.39 is 11.4 Å². The number of hydrogen-bond acceptors (Lipinski definition) is 2. The van der Waals surface area contributed by atoms with Crippen LogP contribution in [0, 0.1) is 11.3 Å². The van der Waals surface area contributed by atoms with Crippen molar-refractivity contribution in [1.82, 2.24) is 4.90 Å². The van der Waals surface area contributed by atoms with Gasteiger partial charge >= 0.3 is 5.97 Å². The molecule has 0 aromatic heterocycles. The summed E-state index contributed by atoms with van der Waals surface area (Å²) in [6.45, 7) is 4.83. The summed E-state index contributed by atoms with van der Waals surface area (Å²) in [7, 11) is 1.70. The van der Waals surface area contributed by atoms with Crippen LogP contribution in [-0.2, 0) is 9.59 Å². The molecule has 4 heteroatoms. The Hall–Kier alpha value is -1.06. The highest BCUT2D eigenvalue weighted by molar-refractivity contribution is 6.02. The fourth-order valence-corrected chi connectivity index (χ4v) is 1.97. The van der Waals surface area contributed by atoms with E-state index in [9.17, 15) is 9.59 Å². The first-order chi connectivity index (χ1) is 7.40. The Kier molecular flexibility index (Phi) is 3.94. The second-order valence-corrected chi connectivity index (χ2v) is 5.15. The van der Waals surface area contributed by atoms with E-state index in [4.69, 9.17) is 5.11 Å². The summed E-state index contributed by atoms with van der Waals surface area (Å²) in [5, 5.41) is 9.13. The molecular formula is C12H21NO3. The summed E-state index contributed by atoms with van der Waals surface area (Å²) >= 11 is 0. The van der Waals surface area contributed by atoms with Crippen molar-refractivity contribution in [1.29, 1.82) is 0 Å². The third-order valence-electron chi connectivity index (χ3n) is 3.41. The lowest BCUT2D eigenvalue weighted by atomic mass is 9.68. The Morgan fingerprint density at radius 3 is 2.25 bits per heavy atom. The van der Waals surface area contributed by atoms with Crippen molar-refractivity contribution in [3.05, 3.63) is 0 Å². The SMILES string of the molecule is CC(C)CCN(C)C(=O)C1(C(=O)O)CCC1. The summed E-state index contributed by atoms with van der Waals surface area (Å²) in [4.78, 5) is 24.8. The predicted octanol–water partition coefficient (Wildman–Crippen LogP) is 1.75. The van der Waals surface area contributed by atoms with E-state index in [2.05, 4.69) is 13.8 Å².